The van der Waals surface area contributed by atoms with Gasteiger partial charge in [0.1, 0.15) is 11.6 Å². The van der Waals surface area contributed by atoms with Crippen molar-refractivity contribution in [2.45, 2.75) is 62.4 Å². The summed E-state index contributed by atoms with van der Waals surface area (Å²) in [6.07, 6.45) is 8.14. The normalized spacial score (nSPS) is 17.2. The highest BCUT2D eigenvalue weighted by atomic mass is 32.2. The highest BCUT2D eigenvalue weighted by Crippen LogP contribution is 2.30. The first-order valence-electron chi connectivity index (χ1n) is 10.8. The lowest BCUT2D eigenvalue weighted by Gasteiger charge is -2.26. The van der Waals surface area contributed by atoms with Crippen molar-refractivity contribution in [3.63, 3.8) is 0 Å². The molecular formula is C22H26FN5OS. The number of likely N-dealkylation sites (tertiary alicyclic amines) is 1. The summed E-state index contributed by atoms with van der Waals surface area (Å²) in [6.45, 7) is 2.93. The van der Waals surface area contributed by atoms with Crippen molar-refractivity contribution in [3.05, 3.63) is 52.9 Å². The van der Waals surface area contributed by atoms with Gasteiger partial charge in [-0.1, -0.05) is 23.3 Å². The van der Waals surface area contributed by atoms with Gasteiger partial charge >= 0.3 is 0 Å². The zero-order valence-electron chi connectivity index (χ0n) is 17.0. The Morgan fingerprint density at radius 3 is 2.60 bits per heavy atom. The van der Waals surface area contributed by atoms with Gasteiger partial charge in [0.2, 0.25) is 0 Å². The molecule has 1 aromatic carbocycles. The van der Waals surface area contributed by atoms with Gasteiger partial charge in [0.05, 0.1) is 12.2 Å². The van der Waals surface area contributed by atoms with Crippen molar-refractivity contribution in [1.29, 1.82) is 0 Å². The van der Waals surface area contributed by atoms with Crippen LogP contribution in [0.4, 0.5) is 4.39 Å². The summed E-state index contributed by atoms with van der Waals surface area (Å²) in [5.41, 5.74) is 3.18. The summed E-state index contributed by atoms with van der Waals surface area (Å²) in [5.74, 6) is 2.39. The molecule has 2 aromatic heterocycles. The van der Waals surface area contributed by atoms with E-state index in [1.54, 1.807) is 23.9 Å². The molecule has 0 unspecified atom stereocenters. The molecule has 0 N–H and O–H groups in total. The molecule has 3 heterocycles. The maximum Gasteiger partial charge on any atom is 0.196 e. The Morgan fingerprint density at radius 2 is 1.77 bits per heavy atom. The topological polar surface area (TPSA) is 60.0 Å². The second-order valence-electron chi connectivity index (χ2n) is 8.07. The SMILES string of the molecule is Fc1ccc(-n2c(CN3CCCCC3)nnc2SCc2noc3c2CCCC3)cc1. The Bertz CT molecular complexity index is 994. The molecule has 1 aliphatic carbocycles. The molecule has 0 radical (unpaired) electrons. The maximum atomic E-state index is 13.5. The minimum Gasteiger partial charge on any atom is -0.361 e. The fourth-order valence-corrected chi connectivity index (χ4v) is 5.29. The Kier molecular flexibility index (Phi) is 5.86. The molecule has 5 rings (SSSR count). The first kappa shape index (κ1) is 19.8. The standard InChI is InChI=1S/C22H26FN5OS/c23-16-8-10-17(11-9-16)28-21(14-27-12-4-1-5-13-27)24-25-22(28)30-15-19-18-6-2-3-7-20(18)29-26-19/h8-11H,1-7,12-15H2. The molecule has 30 heavy (non-hydrogen) atoms. The van der Waals surface area contributed by atoms with Crippen LogP contribution in [-0.4, -0.2) is 37.9 Å². The number of piperidine rings is 1. The first-order chi connectivity index (χ1) is 14.8. The lowest BCUT2D eigenvalue weighted by molar-refractivity contribution is 0.214. The van der Waals surface area contributed by atoms with Crippen molar-refractivity contribution in [2.75, 3.05) is 13.1 Å². The lowest BCUT2D eigenvalue weighted by Crippen LogP contribution is -2.30. The number of hydrogen-bond donors (Lipinski definition) is 0. The second-order valence-corrected chi connectivity index (χ2v) is 9.02. The molecule has 6 nitrogen and oxygen atoms in total. The zero-order valence-corrected chi connectivity index (χ0v) is 17.8. The van der Waals surface area contributed by atoms with E-state index in [2.05, 4.69) is 24.8 Å². The molecule has 1 fully saturated rings. The number of benzene rings is 1. The fourth-order valence-electron chi connectivity index (χ4n) is 4.36. The van der Waals surface area contributed by atoms with Crippen LogP contribution < -0.4 is 0 Å². The summed E-state index contributed by atoms with van der Waals surface area (Å²) >= 11 is 1.61. The summed E-state index contributed by atoms with van der Waals surface area (Å²) in [6, 6.07) is 6.56. The molecule has 0 saturated carbocycles. The smallest absolute Gasteiger partial charge is 0.196 e. The molecule has 158 valence electrons. The number of hydrogen-bond acceptors (Lipinski definition) is 6. The molecule has 2 aliphatic rings. The Hall–Kier alpha value is -2.19. The molecule has 8 heteroatoms. The Labute approximate surface area is 179 Å². The quantitative estimate of drug-likeness (QED) is 0.538. The van der Waals surface area contributed by atoms with Crippen molar-refractivity contribution in [2.24, 2.45) is 0 Å². The highest BCUT2D eigenvalue weighted by Gasteiger charge is 2.22. The van der Waals surface area contributed by atoms with Crippen LogP contribution in [0.1, 0.15) is 54.9 Å². The third-order valence-corrected chi connectivity index (χ3v) is 6.91. The van der Waals surface area contributed by atoms with Crippen molar-refractivity contribution in [1.82, 2.24) is 24.8 Å². The van der Waals surface area contributed by atoms with Crippen LogP contribution in [0.3, 0.4) is 0 Å². The summed E-state index contributed by atoms with van der Waals surface area (Å²) in [7, 11) is 0. The predicted molar refractivity (Wildman–Crippen MR) is 113 cm³/mol. The van der Waals surface area contributed by atoms with E-state index < -0.39 is 0 Å². The van der Waals surface area contributed by atoms with Crippen LogP contribution in [0.5, 0.6) is 0 Å². The molecule has 0 spiro atoms. The van der Waals surface area contributed by atoms with Crippen molar-refractivity contribution in [3.8, 4) is 5.69 Å². The Morgan fingerprint density at radius 1 is 0.967 bits per heavy atom. The van der Waals surface area contributed by atoms with Gasteiger partial charge in [-0.15, -0.1) is 10.2 Å². The van der Waals surface area contributed by atoms with Crippen molar-refractivity contribution < 1.29 is 8.91 Å². The number of fused-ring (bicyclic) bond motifs is 1. The van der Waals surface area contributed by atoms with Gasteiger partial charge in [-0.3, -0.25) is 9.47 Å². The fraction of sp³-hybridized carbons (Fsp3) is 0.500. The molecule has 3 aromatic rings. The summed E-state index contributed by atoms with van der Waals surface area (Å²) in [4.78, 5) is 2.43. The molecule has 0 amide bonds. The largest absolute Gasteiger partial charge is 0.361 e. The average Bonchev–Trinajstić information content (AvgIpc) is 3.38. The van der Waals surface area contributed by atoms with Gasteiger partial charge < -0.3 is 4.52 Å². The van der Waals surface area contributed by atoms with Crippen LogP contribution in [0.2, 0.25) is 0 Å². The van der Waals surface area contributed by atoms with Gasteiger partial charge in [-0.25, -0.2) is 4.39 Å². The van der Waals surface area contributed by atoms with E-state index in [1.165, 1.54) is 49.8 Å². The number of aryl methyl sites for hydroxylation is 1. The molecule has 0 atom stereocenters. The first-order valence-corrected chi connectivity index (χ1v) is 11.8. The van der Waals surface area contributed by atoms with E-state index in [9.17, 15) is 4.39 Å². The second kappa shape index (κ2) is 8.89. The van der Waals surface area contributed by atoms with Crippen LogP contribution in [0.15, 0.2) is 33.9 Å². The third-order valence-electron chi connectivity index (χ3n) is 5.97. The molecule has 1 saturated heterocycles. The van der Waals surface area contributed by atoms with Gasteiger partial charge in [0.15, 0.2) is 11.0 Å². The van der Waals surface area contributed by atoms with E-state index in [-0.39, 0.29) is 5.82 Å². The molecule has 0 bridgehead atoms. The van der Waals surface area contributed by atoms with Crippen LogP contribution in [0, 0.1) is 5.82 Å². The van der Waals surface area contributed by atoms with E-state index in [0.29, 0.717) is 5.75 Å². The maximum absolute atomic E-state index is 13.5. The van der Waals surface area contributed by atoms with Crippen LogP contribution in [0.25, 0.3) is 5.69 Å². The number of aromatic nitrogens is 4. The van der Waals surface area contributed by atoms with E-state index >= 15 is 0 Å². The molecular weight excluding hydrogens is 401 g/mol. The van der Waals surface area contributed by atoms with Gasteiger partial charge in [-0.05, 0) is 69.5 Å². The third kappa shape index (κ3) is 4.16. The highest BCUT2D eigenvalue weighted by molar-refractivity contribution is 7.98. The number of rotatable bonds is 6. The molecule has 1 aliphatic heterocycles. The van der Waals surface area contributed by atoms with E-state index in [0.717, 1.165) is 60.6 Å². The summed E-state index contributed by atoms with van der Waals surface area (Å²) in [5, 5.41) is 14.1. The van der Waals surface area contributed by atoms with Crippen LogP contribution in [-0.2, 0) is 25.1 Å². The average molecular weight is 428 g/mol. The monoisotopic (exact) mass is 427 g/mol. The Balaban J connectivity index is 1.40. The minimum atomic E-state index is -0.243. The van der Waals surface area contributed by atoms with Gasteiger partial charge in [0.25, 0.3) is 0 Å². The van der Waals surface area contributed by atoms with E-state index in [4.69, 9.17) is 4.52 Å². The number of halogens is 1. The minimum absolute atomic E-state index is 0.243. The zero-order chi connectivity index (χ0) is 20.3. The van der Waals surface area contributed by atoms with Gasteiger partial charge in [0, 0.05) is 23.4 Å². The summed E-state index contributed by atoms with van der Waals surface area (Å²) < 4.78 is 21.1. The van der Waals surface area contributed by atoms with Crippen molar-refractivity contribution >= 4 is 11.8 Å². The lowest BCUT2D eigenvalue weighted by atomic mass is 9.97. The van der Waals surface area contributed by atoms with Gasteiger partial charge in [-0.2, -0.15) is 0 Å². The number of thioether (sulfide) groups is 1. The van der Waals surface area contributed by atoms with Crippen LogP contribution >= 0.6 is 11.8 Å². The van der Waals surface area contributed by atoms with E-state index in [1.807, 2.05) is 0 Å². The predicted octanol–water partition coefficient (Wildman–Crippen LogP) is 4.55. The number of nitrogens with zero attached hydrogens (tertiary/aromatic N) is 5.